The van der Waals surface area contributed by atoms with E-state index in [1.54, 1.807) is 16.8 Å². The van der Waals surface area contributed by atoms with E-state index in [-0.39, 0.29) is 5.56 Å². The van der Waals surface area contributed by atoms with Crippen molar-refractivity contribution >= 4 is 5.97 Å². The van der Waals surface area contributed by atoms with Gasteiger partial charge in [0.05, 0.1) is 13.7 Å². The number of ether oxygens (including phenoxy) is 1. The number of hydrogen-bond donors (Lipinski definition) is 1. The number of hydrogen-bond acceptors (Lipinski definition) is 4. The molecule has 0 saturated carbocycles. The van der Waals surface area contributed by atoms with Crippen molar-refractivity contribution in [1.82, 2.24) is 14.8 Å². The van der Waals surface area contributed by atoms with Crippen LogP contribution in [0.5, 0.6) is 5.75 Å². The van der Waals surface area contributed by atoms with Crippen LogP contribution >= 0.6 is 0 Å². The molecule has 100 valence electrons. The second kappa shape index (κ2) is 5.09. The predicted octanol–water partition coefficient (Wildman–Crippen LogP) is 1.65. The molecular weight excluding hydrogens is 246 g/mol. The van der Waals surface area contributed by atoms with E-state index in [9.17, 15) is 4.79 Å². The van der Waals surface area contributed by atoms with Crippen LogP contribution in [0.3, 0.4) is 0 Å². The van der Waals surface area contributed by atoms with Crippen LogP contribution in [0.2, 0.25) is 0 Å². The Morgan fingerprint density at radius 1 is 1.42 bits per heavy atom. The molecule has 0 spiro atoms. The van der Waals surface area contributed by atoms with Gasteiger partial charge >= 0.3 is 5.97 Å². The number of rotatable bonds is 4. The number of aryl methyl sites for hydroxylation is 2. The Kier molecular flexibility index (Phi) is 3.50. The summed E-state index contributed by atoms with van der Waals surface area (Å²) in [6, 6.07) is 5.07. The van der Waals surface area contributed by atoms with Crippen molar-refractivity contribution in [3.63, 3.8) is 0 Å². The van der Waals surface area contributed by atoms with Gasteiger partial charge in [-0.3, -0.25) is 0 Å². The lowest BCUT2D eigenvalue weighted by molar-refractivity contribution is 0.0693. The molecule has 0 atom stereocenters. The Labute approximate surface area is 110 Å². The molecule has 2 rings (SSSR count). The number of benzene rings is 1. The van der Waals surface area contributed by atoms with Crippen LogP contribution in [0.1, 0.15) is 27.6 Å². The highest BCUT2D eigenvalue weighted by Gasteiger charge is 2.12. The Bertz CT molecular complexity index is 620. The van der Waals surface area contributed by atoms with Crippen LogP contribution in [0, 0.1) is 13.8 Å². The third-order valence-corrected chi connectivity index (χ3v) is 2.79. The monoisotopic (exact) mass is 261 g/mol. The fourth-order valence-electron chi connectivity index (χ4n) is 1.90. The average molecular weight is 261 g/mol. The predicted molar refractivity (Wildman–Crippen MR) is 68.6 cm³/mol. The first-order valence-corrected chi connectivity index (χ1v) is 5.79. The Morgan fingerprint density at radius 2 is 2.16 bits per heavy atom. The number of carboxylic acid groups (broad SMARTS) is 1. The molecule has 1 aromatic carbocycles. The van der Waals surface area contributed by atoms with Crippen molar-refractivity contribution in [2.45, 2.75) is 20.4 Å². The standard InChI is InChI=1S/C13H15N3O3/c1-8-14-9(2)16(15-8)7-10-4-5-12(19-3)11(6-10)13(17)18/h4-6H,7H2,1-3H3,(H,17,18). The molecule has 1 aromatic heterocycles. The molecule has 0 radical (unpaired) electrons. The first-order valence-electron chi connectivity index (χ1n) is 5.79. The van der Waals surface area contributed by atoms with E-state index < -0.39 is 5.97 Å². The van der Waals surface area contributed by atoms with Crippen LogP contribution in [0.4, 0.5) is 0 Å². The van der Waals surface area contributed by atoms with Gasteiger partial charge in [-0.25, -0.2) is 14.5 Å². The van der Waals surface area contributed by atoms with E-state index in [1.807, 2.05) is 19.9 Å². The van der Waals surface area contributed by atoms with Crippen LogP contribution in [0.25, 0.3) is 0 Å². The van der Waals surface area contributed by atoms with Gasteiger partial charge in [0.1, 0.15) is 23.0 Å². The maximum atomic E-state index is 11.1. The fourth-order valence-corrected chi connectivity index (χ4v) is 1.90. The molecule has 0 aliphatic rings. The van der Waals surface area contributed by atoms with Crippen molar-refractivity contribution in [2.24, 2.45) is 0 Å². The van der Waals surface area contributed by atoms with Crippen molar-refractivity contribution < 1.29 is 14.6 Å². The fraction of sp³-hybridized carbons (Fsp3) is 0.308. The van der Waals surface area contributed by atoms with Gasteiger partial charge in [-0.1, -0.05) is 6.07 Å². The van der Waals surface area contributed by atoms with Gasteiger partial charge in [0.2, 0.25) is 0 Å². The topological polar surface area (TPSA) is 77.2 Å². The maximum Gasteiger partial charge on any atom is 0.339 e. The zero-order chi connectivity index (χ0) is 14.0. The molecule has 1 N–H and O–H groups in total. The number of aromatic nitrogens is 3. The Balaban J connectivity index is 2.33. The van der Waals surface area contributed by atoms with Gasteiger partial charge < -0.3 is 9.84 Å². The highest BCUT2D eigenvalue weighted by atomic mass is 16.5. The van der Waals surface area contributed by atoms with Crippen LogP contribution < -0.4 is 4.74 Å². The van der Waals surface area contributed by atoms with Gasteiger partial charge in [-0.15, -0.1) is 0 Å². The SMILES string of the molecule is COc1ccc(Cn2nc(C)nc2C)cc1C(=O)O. The molecule has 0 unspecified atom stereocenters. The lowest BCUT2D eigenvalue weighted by Gasteiger charge is -2.08. The van der Waals surface area contributed by atoms with E-state index in [4.69, 9.17) is 9.84 Å². The summed E-state index contributed by atoms with van der Waals surface area (Å²) in [6.07, 6.45) is 0. The van der Waals surface area contributed by atoms with Crippen molar-refractivity contribution in [2.75, 3.05) is 7.11 Å². The molecule has 0 aliphatic carbocycles. The van der Waals surface area contributed by atoms with E-state index in [0.717, 1.165) is 11.4 Å². The minimum absolute atomic E-state index is 0.148. The van der Waals surface area contributed by atoms with Gasteiger partial charge in [-0.05, 0) is 31.5 Å². The quantitative estimate of drug-likeness (QED) is 0.905. The smallest absolute Gasteiger partial charge is 0.339 e. The highest BCUT2D eigenvalue weighted by molar-refractivity contribution is 5.91. The van der Waals surface area contributed by atoms with Gasteiger partial charge in [0.25, 0.3) is 0 Å². The Morgan fingerprint density at radius 3 is 2.68 bits per heavy atom. The zero-order valence-electron chi connectivity index (χ0n) is 11.0. The maximum absolute atomic E-state index is 11.1. The largest absolute Gasteiger partial charge is 0.496 e. The highest BCUT2D eigenvalue weighted by Crippen LogP contribution is 2.20. The van der Waals surface area contributed by atoms with E-state index >= 15 is 0 Å². The molecule has 0 fully saturated rings. The summed E-state index contributed by atoms with van der Waals surface area (Å²) in [5, 5.41) is 13.4. The zero-order valence-corrected chi connectivity index (χ0v) is 11.0. The molecule has 19 heavy (non-hydrogen) atoms. The molecule has 0 amide bonds. The lowest BCUT2D eigenvalue weighted by atomic mass is 10.1. The summed E-state index contributed by atoms with van der Waals surface area (Å²) < 4.78 is 6.76. The number of nitrogens with zero attached hydrogens (tertiary/aromatic N) is 3. The van der Waals surface area contributed by atoms with Crippen molar-refractivity contribution in [3.05, 3.63) is 41.0 Å². The normalized spacial score (nSPS) is 10.5. The Hall–Kier alpha value is -2.37. The number of methoxy groups -OCH3 is 1. The van der Waals surface area contributed by atoms with Crippen molar-refractivity contribution in [3.8, 4) is 5.75 Å². The van der Waals surface area contributed by atoms with E-state index in [0.29, 0.717) is 18.1 Å². The second-order valence-corrected chi connectivity index (χ2v) is 4.20. The van der Waals surface area contributed by atoms with Gasteiger partial charge in [-0.2, -0.15) is 5.10 Å². The summed E-state index contributed by atoms with van der Waals surface area (Å²) >= 11 is 0. The number of aromatic carboxylic acids is 1. The minimum atomic E-state index is -1.01. The molecule has 2 aromatic rings. The molecular formula is C13H15N3O3. The number of carbonyl (C=O) groups is 1. The lowest BCUT2D eigenvalue weighted by Crippen LogP contribution is -2.07. The summed E-state index contributed by atoms with van der Waals surface area (Å²) in [6.45, 7) is 4.17. The van der Waals surface area contributed by atoms with E-state index in [2.05, 4.69) is 10.1 Å². The third-order valence-electron chi connectivity index (χ3n) is 2.79. The van der Waals surface area contributed by atoms with Gasteiger partial charge in [0, 0.05) is 0 Å². The van der Waals surface area contributed by atoms with Gasteiger partial charge in [0.15, 0.2) is 0 Å². The third kappa shape index (κ3) is 2.73. The molecule has 0 aliphatic heterocycles. The minimum Gasteiger partial charge on any atom is -0.496 e. The summed E-state index contributed by atoms with van der Waals surface area (Å²) in [5.41, 5.74) is 0.987. The summed E-state index contributed by atoms with van der Waals surface area (Å²) in [7, 11) is 1.45. The molecule has 6 heteroatoms. The molecule has 0 bridgehead atoms. The summed E-state index contributed by atoms with van der Waals surface area (Å²) in [4.78, 5) is 15.4. The van der Waals surface area contributed by atoms with Crippen molar-refractivity contribution in [1.29, 1.82) is 0 Å². The van der Waals surface area contributed by atoms with Crippen LogP contribution in [-0.4, -0.2) is 33.0 Å². The van der Waals surface area contributed by atoms with Crippen LogP contribution in [-0.2, 0) is 6.54 Å². The van der Waals surface area contributed by atoms with E-state index in [1.165, 1.54) is 7.11 Å². The summed E-state index contributed by atoms with van der Waals surface area (Å²) in [5.74, 6) is 0.836. The molecule has 1 heterocycles. The van der Waals surface area contributed by atoms with Crippen LogP contribution in [0.15, 0.2) is 18.2 Å². The molecule has 6 nitrogen and oxygen atoms in total. The second-order valence-electron chi connectivity index (χ2n) is 4.20. The number of carboxylic acids is 1. The average Bonchev–Trinajstić information content (AvgIpc) is 2.67. The first kappa shape index (κ1) is 13.1. The molecule has 0 saturated heterocycles. The first-order chi connectivity index (χ1) is 9.01.